The van der Waals surface area contributed by atoms with Gasteiger partial charge in [0.2, 0.25) is 0 Å². The van der Waals surface area contributed by atoms with Crippen molar-refractivity contribution >= 4 is 23.5 Å². The van der Waals surface area contributed by atoms with Gasteiger partial charge in [0.1, 0.15) is 5.82 Å². The maximum Gasteiger partial charge on any atom is 0.411 e. The fourth-order valence-corrected chi connectivity index (χ4v) is 2.75. The molecule has 3 N–H and O–H groups in total. The minimum Gasteiger partial charge on any atom is -0.453 e. The number of urea groups is 1. The number of fused-ring (bicyclic) bond motifs is 1. The van der Waals surface area contributed by atoms with Gasteiger partial charge in [-0.1, -0.05) is 6.07 Å². The molecule has 0 saturated carbocycles. The Morgan fingerprint density at radius 1 is 1.24 bits per heavy atom. The highest BCUT2D eigenvalue weighted by Gasteiger charge is 2.12. The first-order chi connectivity index (χ1) is 12.1. The number of hydrogen-bond donors (Lipinski definition) is 3. The molecule has 0 unspecified atom stereocenters. The highest BCUT2D eigenvalue weighted by molar-refractivity contribution is 5.91. The Balaban J connectivity index is 1.53. The van der Waals surface area contributed by atoms with Crippen LogP contribution in [0.1, 0.15) is 24.4 Å². The SMILES string of the molecule is COC(=O)Nc1cccc(NC(=O)NCc2cn3c(n2)CCCC3)c1. The maximum atomic E-state index is 12.0. The van der Waals surface area contributed by atoms with Crippen molar-refractivity contribution in [2.24, 2.45) is 0 Å². The first kappa shape index (κ1) is 16.8. The number of carbonyl (C=O) groups excluding carboxylic acids is 2. The maximum absolute atomic E-state index is 12.0. The van der Waals surface area contributed by atoms with Crippen LogP contribution < -0.4 is 16.0 Å². The standard InChI is InChI=1S/C17H21N5O3/c1-25-17(24)21-13-6-4-5-12(9-13)20-16(23)18-10-14-11-22-8-3-2-7-15(22)19-14/h4-6,9,11H,2-3,7-8,10H2,1H3,(H,21,24)(H2,18,20,23). The zero-order valence-electron chi connectivity index (χ0n) is 14.0. The molecule has 3 rings (SSSR count). The zero-order chi connectivity index (χ0) is 17.6. The van der Waals surface area contributed by atoms with E-state index in [1.165, 1.54) is 20.0 Å². The summed E-state index contributed by atoms with van der Waals surface area (Å²) in [5.41, 5.74) is 1.95. The number of benzene rings is 1. The van der Waals surface area contributed by atoms with Crippen LogP contribution in [0.25, 0.3) is 0 Å². The number of methoxy groups -OCH3 is 1. The average molecular weight is 343 g/mol. The lowest BCUT2D eigenvalue weighted by molar-refractivity contribution is 0.187. The normalized spacial score (nSPS) is 12.8. The molecule has 8 nitrogen and oxygen atoms in total. The molecule has 1 aliphatic heterocycles. The van der Waals surface area contributed by atoms with Gasteiger partial charge in [0.25, 0.3) is 0 Å². The van der Waals surface area contributed by atoms with Crippen LogP contribution in [0, 0.1) is 0 Å². The Labute approximate surface area is 145 Å². The molecule has 0 saturated heterocycles. The fourth-order valence-electron chi connectivity index (χ4n) is 2.75. The lowest BCUT2D eigenvalue weighted by Gasteiger charge is -2.11. The molecule has 3 amide bonds. The third kappa shape index (κ3) is 4.50. The van der Waals surface area contributed by atoms with Crippen LogP contribution in [0.5, 0.6) is 0 Å². The van der Waals surface area contributed by atoms with Crippen molar-refractivity contribution in [1.82, 2.24) is 14.9 Å². The smallest absolute Gasteiger partial charge is 0.411 e. The molecule has 0 fully saturated rings. The molecule has 8 heteroatoms. The van der Waals surface area contributed by atoms with Gasteiger partial charge in [0.15, 0.2) is 0 Å². The van der Waals surface area contributed by atoms with E-state index in [0.29, 0.717) is 17.9 Å². The van der Waals surface area contributed by atoms with Crippen molar-refractivity contribution in [3.63, 3.8) is 0 Å². The molecular formula is C17H21N5O3. The van der Waals surface area contributed by atoms with Gasteiger partial charge in [0.05, 0.1) is 19.3 Å². The van der Waals surface area contributed by atoms with E-state index in [4.69, 9.17) is 0 Å². The summed E-state index contributed by atoms with van der Waals surface area (Å²) < 4.78 is 6.69. The van der Waals surface area contributed by atoms with Gasteiger partial charge >= 0.3 is 12.1 Å². The molecule has 132 valence electrons. The number of anilines is 2. The summed E-state index contributed by atoms with van der Waals surface area (Å²) in [6, 6.07) is 6.48. The Hall–Kier alpha value is -3.03. The number of hydrogen-bond acceptors (Lipinski definition) is 4. The number of rotatable bonds is 4. The van der Waals surface area contributed by atoms with Gasteiger partial charge < -0.3 is 19.9 Å². The Bertz CT molecular complexity index is 748. The number of nitrogens with one attached hydrogen (secondary N) is 3. The van der Waals surface area contributed by atoms with Gasteiger partial charge in [-0.3, -0.25) is 5.32 Å². The van der Waals surface area contributed by atoms with E-state index >= 15 is 0 Å². The van der Waals surface area contributed by atoms with Crippen LogP contribution in [-0.2, 0) is 24.2 Å². The van der Waals surface area contributed by atoms with Gasteiger partial charge in [0, 0.05) is 30.5 Å². The van der Waals surface area contributed by atoms with E-state index in [0.717, 1.165) is 24.5 Å². The first-order valence-electron chi connectivity index (χ1n) is 8.19. The summed E-state index contributed by atoms with van der Waals surface area (Å²) in [4.78, 5) is 27.8. The second-order valence-electron chi connectivity index (χ2n) is 5.80. The molecule has 0 atom stereocenters. The molecule has 2 heterocycles. The predicted octanol–water partition coefficient (Wildman–Crippen LogP) is 2.72. The van der Waals surface area contributed by atoms with Crippen LogP contribution >= 0.6 is 0 Å². The average Bonchev–Trinajstić information content (AvgIpc) is 3.03. The van der Waals surface area contributed by atoms with Gasteiger partial charge in [-0.2, -0.15) is 0 Å². The largest absolute Gasteiger partial charge is 0.453 e. The summed E-state index contributed by atoms with van der Waals surface area (Å²) in [5, 5.41) is 8.06. The summed E-state index contributed by atoms with van der Waals surface area (Å²) in [7, 11) is 1.29. The van der Waals surface area contributed by atoms with Crippen LogP contribution in [-0.4, -0.2) is 28.8 Å². The Kier molecular flexibility index (Phi) is 5.17. The van der Waals surface area contributed by atoms with Crippen LogP contribution in [0.3, 0.4) is 0 Å². The number of aromatic nitrogens is 2. The van der Waals surface area contributed by atoms with Crippen molar-refractivity contribution in [3.8, 4) is 0 Å². The molecule has 2 aromatic rings. The number of aryl methyl sites for hydroxylation is 2. The van der Waals surface area contributed by atoms with Crippen LogP contribution in [0.4, 0.5) is 21.0 Å². The third-order valence-electron chi connectivity index (χ3n) is 3.94. The second kappa shape index (κ2) is 7.69. The van der Waals surface area contributed by atoms with Crippen LogP contribution in [0.2, 0.25) is 0 Å². The third-order valence-corrected chi connectivity index (χ3v) is 3.94. The predicted molar refractivity (Wildman–Crippen MR) is 93.5 cm³/mol. The highest BCUT2D eigenvalue weighted by atomic mass is 16.5. The summed E-state index contributed by atoms with van der Waals surface area (Å²) >= 11 is 0. The zero-order valence-corrected chi connectivity index (χ0v) is 14.0. The molecule has 1 aliphatic rings. The van der Waals surface area contributed by atoms with E-state index in [1.807, 2.05) is 6.20 Å². The van der Waals surface area contributed by atoms with E-state index in [-0.39, 0.29) is 6.03 Å². The number of carbonyl (C=O) groups is 2. The lowest BCUT2D eigenvalue weighted by Crippen LogP contribution is -2.28. The summed E-state index contributed by atoms with van der Waals surface area (Å²) in [6.45, 7) is 1.36. The van der Waals surface area contributed by atoms with Crippen molar-refractivity contribution in [2.75, 3.05) is 17.7 Å². The first-order valence-corrected chi connectivity index (χ1v) is 8.19. The fraction of sp³-hybridized carbons (Fsp3) is 0.353. The van der Waals surface area contributed by atoms with E-state index in [1.54, 1.807) is 24.3 Å². The monoisotopic (exact) mass is 343 g/mol. The number of ether oxygens (including phenoxy) is 1. The molecular weight excluding hydrogens is 322 g/mol. The minimum atomic E-state index is -0.564. The van der Waals surface area contributed by atoms with E-state index < -0.39 is 6.09 Å². The highest BCUT2D eigenvalue weighted by Crippen LogP contribution is 2.16. The lowest BCUT2D eigenvalue weighted by atomic mass is 10.2. The van der Waals surface area contributed by atoms with Crippen molar-refractivity contribution in [1.29, 1.82) is 0 Å². The summed E-state index contributed by atoms with van der Waals surface area (Å²) in [6.07, 6.45) is 4.76. The second-order valence-corrected chi connectivity index (χ2v) is 5.80. The molecule has 0 spiro atoms. The van der Waals surface area contributed by atoms with Crippen molar-refractivity contribution in [2.45, 2.75) is 32.4 Å². The molecule has 25 heavy (non-hydrogen) atoms. The van der Waals surface area contributed by atoms with Crippen molar-refractivity contribution in [3.05, 3.63) is 42.0 Å². The Morgan fingerprint density at radius 3 is 2.80 bits per heavy atom. The molecule has 0 bridgehead atoms. The topological polar surface area (TPSA) is 97.3 Å². The van der Waals surface area contributed by atoms with Gasteiger partial charge in [-0.25, -0.2) is 14.6 Å². The van der Waals surface area contributed by atoms with E-state index in [9.17, 15) is 9.59 Å². The van der Waals surface area contributed by atoms with Gasteiger partial charge in [-0.05, 0) is 31.0 Å². The Morgan fingerprint density at radius 2 is 2.04 bits per heavy atom. The van der Waals surface area contributed by atoms with E-state index in [2.05, 4.69) is 30.2 Å². The molecule has 0 radical (unpaired) electrons. The number of nitrogens with zero attached hydrogens (tertiary/aromatic N) is 2. The number of amides is 3. The van der Waals surface area contributed by atoms with Crippen LogP contribution in [0.15, 0.2) is 30.5 Å². The molecule has 1 aromatic carbocycles. The quantitative estimate of drug-likeness (QED) is 0.795. The van der Waals surface area contributed by atoms with Gasteiger partial charge in [-0.15, -0.1) is 0 Å². The molecule has 0 aliphatic carbocycles. The molecule has 1 aromatic heterocycles. The summed E-state index contributed by atoms with van der Waals surface area (Å²) in [5.74, 6) is 1.09. The van der Waals surface area contributed by atoms with Crippen molar-refractivity contribution < 1.29 is 14.3 Å². The minimum absolute atomic E-state index is 0.332. The number of imidazole rings is 1.